The SMILES string of the molecule is CCCCCCCCCCCCCCCCCCC1CC2CC[N+]1(C)OP(=O)(O)O2. The molecule has 0 amide bonds. The van der Waals surface area contributed by atoms with Gasteiger partial charge in [0.1, 0.15) is 12.6 Å². The van der Waals surface area contributed by atoms with Crippen LogP contribution >= 0.6 is 7.82 Å². The highest BCUT2D eigenvalue weighted by Crippen LogP contribution is 2.54. The van der Waals surface area contributed by atoms with Crippen LogP contribution in [0, 0.1) is 0 Å². The summed E-state index contributed by atoms with van der Waals surface area (Å²) < 4.78 is 23.0. The second kappa shape index (κ2) is 14.3. The number of hydroxylamine groups is 3. The number of hydrogen-bond acceptors (Lipinski definition) is 3. The minimum Gasteiger partial charge on any atom is -0.299 e. The van der Waals surface area contributed by atoms with Gasteiger partial charge in [-0.3, -0.25) is 9.42 Å². The topological polar surface area (TPSA) is 55.8 Å². The van der Waals surface area contributed by atoms with E-state index >= 15 is 0 Å². The highest BCUT2D eigenvalue weighted by Gasteiger charge is 2.52. The lowest BCUT2D eigenvalue weighted by atomic mass is 9.94. The van der Waals surface area contributed by atoms with Crippen LogP contribution in [0.5, 0.6) is 0 Å². The van der Waals surface area contributed by atoms with Gasteiger partial charge in [-0.05, 0) is 6.42 Å². The lowest BCUT2D eigenvalue weighted by Crippen LogP contribution is -2.54. The summed E-state index contributed by atoms with van der Waals surface area (Å²) in [4.78, 5) is 9.83. The van der Waals surface area contributed by atoms with Gasteiger partial charge in [0.25, 0.3) is 0 Å². The van der Waals surface area contributed by atoms with Gasteiger partial charge in [0.2, 0.25) is 0 Å². The van der Waals surface area contributed by atoms with Crippen molar-refractivity contribution in [3.05, 3.63) is 0 Å². The lowest BCUT2D eigenvalue weighted by molar-refractivity contribution is -1.09. The molecule has 0 aromatic carbocycles. The average Bonchev–Trinajstić information content (AvgIpc) is 2.87. The monoisotopic (exact) mass is 446 g/mol. The summed E-state index contributed by atoms with van der Waals surface area (Å²) in [7, 11) is -1.94. The van der Waals surface area contributed by atoms with Crippen LogP contribution in [0.4, 0.5) is 0 Å². The van der Waals surface area contributed by atoms with Gasteiger partial charge < -0.3 is 0 Å². The van der Waals surface area contributed by atoms with Gasteiger partial charge in [-0.15, -0.1) is 0 Å². The van der Waals surface area contributed by atoms with Gasteiger partial charge in [-0.2, -0.15) is 4.65 Å². The van der Waals surface area contributed by atoms with Crippen molar-refractivity contribution in [3.63, 3.8) is 0 Å². The summed E-state index contributed by atoms with van der Waals surface area (Å²) in [6.07, 6.45) is 24.7. The Morgan fingerprint density at radius 3 is 1.80 bits per heavy atom. The van der Waals surface area contributed by atoms with Gasteiger partial charge in [-0.25, -0.2) is 4.57 Å². The fraction of sp³-hybridized carbons (Fsp3) is 1.00. The van der Waals surface area contributed by atoms with Crippen LogP contribution < -0.4 is 0 Å². The van der Waals surface area contributed by atoms with Crippen molar-refractivity contribution < 1.29 is 23.3 Å². The van der Waals surface area contributed by atoms with Crippen molar-refractivity contribution in [1.82, 2.24) is 0 Å². The van der Waals surface area contributed by atoms with Gasteiger partial charge in [0.05, 0.1) is 13.2 Å². The van der Waals surface area contributed by atoms with Crippen LogP contribution in [0.15, 0.2) is 0 Å². The second-order valence-electron chi connectivity index (χ2n) is 9.95. The van der Waals surface area contributed by atoms with E-state index in [9.17, 15) is 9.46 Å². The Hall–Kier alpha value is 0.0700. The van der Waals surface area contributed by atoms with Crippen molar-refractivity contribution in [2.24, 2.45) is 0 Å². The summed E-state index contributed by atoms with van der Waals surface area (Å²) in [6, 6.07) is 0.290. The van der Waals surface area contributed by atoms with E-state index < -0.39 is 7.82 Å². The van der Waals surface area contributed by atoms with Crippen molar-refractivity contribution >= 4 is 7.82 Å². The molecule has 0 aromatic heterocycles. The number of fused-ring (bicyclic) bond motifs is 4. The molecule has 0 radical (unpaired) electrons. The third kappa shape index (κ3) is 10.1. The Kier molecular flexibility index (Phi) is 12.5. The number of nitrogens with zero attached hydrogens (tertiary/aromatic N) is 1. The van der Waals surface area contributed by atoms with Crippen LogP contribution in [0.25, 0.3) is 0 Å². The average molecular weight is 447 g/mol. The molecule has 30 heavy (non-hydrogen) atoms. The van der Waals surface area contributed by atoms with E-state index in [1.807, 2.05) is 7.05 Å². The first kappa shape index (κ1) is 26.3. The lowest BCUT2D eigenvalue weighted by Gasteiger charge is -2.39. The Bertz CT molecular complexity index is 504. The van der Waals surface area contributed by atoms with Gasteiger partial charge in [0.15, 0.2) is 0 Å². The molecule has 3 heterocycles. The fourth-order valence-corrected chi connectivity index (χ4v) is 6.49. The molecule has 6 heteroatoms. The zero-order valence-electron chi connectivity index (χ0n) is 19.9. The van der Waals surface area contributed by atoms with Crippen LogP contribution in [-0.2, 0) is 13.7 Å². The molecule has 3 rings (SSSR count). The molecule has 3 fully saturated rings. The number of phosphoric ester groups is 1. The molecule has 0 spiro atoms. The highest BCUT2D eigenvalue weighted by atomic mass is 31.2. The van der Waals surface area contributed by atoms with E-state index in [-0.39, 0.29) is 10.8 Å². The molecule has 1 N–H and O–H groups in total. The summed E-state index contributed by atoms with van der Waals surface area (Å²) >= 11 is 0. The van der Waals surface area contributed by atoms with Crippen LogP contribution in [0.1, 0.15) is 129 Å². The van der Waals surface area contributed by atoms with E-state index in [0.29, 0.717) is 6.04 Å². The van der Waals surface area contributed by atoms with Crippen molar-refractivity contribution in [1.29, 1.82) is 0 Å². The predicted molar refractivity (Wildman–Crippen MR) is 124 cm³/mol. The summed E-state index contributed by atoms with van der Waals surface area (Å²) in [5.41, 5.74) is 0. The van der Waals surface area contributed by atoms with Gasteiger partial charge >= 0.3 is 7.82 Å². The summed E-state index contributed by atoms with van der Waals surface area (Å²) in [5, 5.41) is 0. The molecule has 0 aliphatic carbocycles. The van der Waals surface area contributed by atoms with Gasteiger partial charge in [0, 0.05) is 19.3 Å². The van der Waals surface area contributed by atoms with Gasteiger partial charge in [-0.1, -0.05) is 108 Å². The van der Waals surface area contributed by atoms with E-state index in [4.69, 9.17) is 9.15 Å². The molecule has 4 unspecified atom stereocenters. The minimum atomic E-state index is -3.89. The van der Waals surface area contributed by atoms with Crippen LogP contribution in [-0.4, -0.2) is 35.3 Å². The molecule has 5 nitrogen and oxygen atoms in total. The van der Waals surface area contributed by atoms with Crippen molar-refractivity contribution in [3.8, 4) is 0 Å². The van der Waals surface area contributed by atoms with Crippen LogP contribution in [0.2, 0.25) is 0 Å². The third-order valence-electron chi connectivity index (χ3n) is 7.17. The van der Waals surface area contributed by atoms with E-state index in [0.717, 1.165) is 25.8 Å². The standard InChI is InChI=1S/C24H48NO4P/c1-3-4-5-6-7-8-9-10-11-12-13-14-15-16-17-18-19-23-22-24-20-21-25(23,2)29-30(26,27)28-24/h23-24H,3-22H2,1-2H3/p+1. The zero-order valence-corrected chi connectivity index (χ0v) is 20.8. The number of hydrogen-bond donors (Lipinski definition) is 1. The first-order valence-electron chi connectivity index (χ1n) is 13.0. The normalized spacial score (nSPS) is 31.2. The smallest absolute Gasteiger partial charge is 0.299 e. The molecule has 3 aliphatic heterocycles. The quantitative estimate of drug-likeness (QED) is 0.141. The molecule has 178 valence electrons. The third-order valence-corrected chi connectivity index (χ3v) is 8.31. The van der Waals surface area contributed by atoms with Crippen molar-refractivity contribution in [2.75, 3.05) is 13.6 Å². The Labute approximate surface area is 186 Å². The Morgan fingerprint density at radius 1 is 0.833 bits per heavy atom. The zero-order chi connectivity index (χ0) is 21.7. The minimum absolute atomic E-state index is 0.111. The Balaban J connectivity index is 1.39. The summed E-state index contributed by atoms with van der Waals surface area (Å²) in [5.74, 6) is 0. The molecule has 4 atom stereocenters. The number of quaternary nitrogens is 1. The molecule has 0 aromatic rings. The first-order valence-corrected chi connectivity index (χ1v) is 14.5. The first-order chi connectivity index (χ1) is 14.5. The van der Waals surface area contributed by atoms with E-state index in [1.54, 1.807) is 0 Å². The van der Waals surface area contributed by atoms with E-state index in [1.165, 1.54) is 103 Å². The molecule has 3 saturated heterocycles. The molecular weight excluding hydrogens is 397 g/mol. The largest absolute Gasteiger partial charge is 0.518 e. The molecule has 3 aliphatic rings. The molecular formula is C24H49NO4P+. The fourth-order valence-electron chi connectivity index (χ4n) is 5.19. The van der Waals surface area contributed by atoms with Crippen LogP contribution in [0.3, 0.4) is 0 Å². The number of piperidine rings is 1. The maximum absolute atomic E-state index is 12.0. The van der Waals surface area contributed by atoms with E-state index in [2.05, 4.69) is 6.92 Å². The summed E-state index contributed by atoms with van der Waals surface area (Å²) in [6.45, 7) is 3.06. The molecule has 0 saturated carbocycles. The highest BCUT2D eigenvalue weighted by molar-refractivity contribution is 7.47. The number of phosphoric acid groups is 1. The predicted octanol–water partition coefficient (Wildman–Crippen LogP) is 7.68. The number of rotatable bonds is 17. The maximum Gasteiger partial charge on any atom is 0.518 e. The molecule has 2 bridgehead atoms. The second-order valence-corrected chi connectivity index (χ2v) is 11.3. The Morgan fingerprint density at radius 2 is 1.30 bits per heavy atom. The number of unbranched alkanes of at least 4 members (excludes halogenated alkanes) is 15. The van der Waals surface area contributed by atoms with Crippen molar-refractivity contribution in [2.45, 2.75) is 141 Å². The maximum atomic E-state index is 12.0.